The quantitative estimate of drug-likeness (QED) is 0.864. The Balaban J connectivity index is 2.22. The Hall–Kier alpha value is -1.42. The number of carbonyl (C=O) groups is 1. The van der Waals surface area contributed by atoms with E-state index in [4.69, 9.17) is 0 Å². The standard InChI is InChI=1S/C13H17FN2O/c1-3-16(10-7-15-8-10)13(17)11-5-4-9(2)6-12(11)14/h4-6,10,15H,3,7-8H2,1-2H3. The zero-order valence-electron chi connectivity index (χ0n) is 10.2. The second-order valence-electron chi connectivity index (χ2n) is 4.39. The van der Waals surface area contributed by atoms with Crippen LogP contribution in [0.4, 0.5) is 4.39 Å². The van der Waals surface area contributed by atoms with Crippen LogP contribution in [0, 0.1) is 12.7 Å². The van der Waals surface area contributed by atoms with Gasteiger partial charge in [0.05, 0.1) is 11.6 Å². The molecule has 92 valence electrons. The molecule has 1 amide bonds. The molecule has 0 bridgehead atoms. The van der Waals surface area contributed by atoms with Crippen molar-refractivity contribution < 1.29 is 9.18 Å². The van der Waals surface area contributed by atoms with E-state index >= 15 is 0 Å². The Bertz CT molecular complexity index is 429. The number of nitrogens with one attached hydrogen (secondary N) is 1. The molecule has 1 aromatic rings. The van der Waals surface area contributed by atoms with E-state index in [9.17, 15) is 9.18 Å². The number of amides is 1. The van der Waals surface area contributed by atoms with Gasteiger partial charge in [0.15, 0.2) is 0 Å². The van der Waals surface area contributed by atoms with E-state index < -0.39 is 5.82 Å². The summed E-state index contributed by atoms with van der Waals surface area (Å²) in [5.41, 5.74) is 0.997. The van der Waals surface area contributed by atoms with E-state index in [1.54, 1.807) is 17.0 Å². The molecule has 0 saturated carbocycles. The van der Waals surface area contributed by atoms with Gasteiger partial charge in [0.2, 0.25) is 0 Å². The third-order valence-electron chi connectivity index (χ3n) is 3.16. The predicted octanol–water partition coefficient (Wildman–Crippen LogP) is 1.57. The number of likely N-dealkylation sites (N-methyl/N-ethyl adjacent to an activating group) is 1. The fourth-order valence-electron chi connectivity index (χ4n) is 2.01. The molecule has 2 rings (SSSR count). The van der Waals surface area contributed by atoms with Crippen LogP contribution in [0.15, 0.2) is 18.2 Å². The van der Waals surface area contributed by atoms with Crippen molar-refractivity contribution in [3.63, 3.8) is 0 Å². The van der Waals surface area contributed by atoms with Gasteiger partial charge in [-0.2, -0.15) is 0 Å². The number of nitrogens with zero attached hydrogens (tertiary/aromatic N) is 1. The largest absolute Gasteiger partial charge is 0.333 e. The molecule has 1 N–H and O–H groups in total. The molecular formula is C13H17FN2O. The van der Waals surface area contributed by atoms with Crippen LogP contribution in [0.25, 0.3) is 0 Å². The second kappa shape index (κ2) is 4.84. The number of benzene rings is 1. The summed E-state index contributed by atoms with van der Waals surface area (Å²) < 4.78 is 13.7. The number of halogens is 1. The summed E-state index contributed by atoms with van der Waals surface area (Å²) in [5, 5.41) is 3.12. The van der Waals surface area contributed by atoms with Gasteiger partial charge < -0.3 is 10.2 Å². The molecule has 0 aliphatic carbocycles. The topological polar surface area (TPSA) is 32.3 Å². The SMILES string of the molecule is CCN(C(=O)c1ccc(C)cc1F)C1CNC1. The molecule has 0 unspecified atom stereocenters. The van der Waals surface area contributed by atoms with Gasteiger partial charge in [0, 0.05) is 19.6 Å². The lowest BCUT2D eigenvalue weighted by Crippen LogP contribution is -2.58. The van der Waals surface area contributed by atoms with Gasteiger partial charge in [-0.1, -0.05) is 6.07 Å². The minimum atomic E-state index is -0.430. The van der Waals surface area contributed by atoms with Gasteiger partial charge in [-0.15, -0.1) is 0 Å². The van der Waals surface area contributed by atoms with E-state index in [1.165, 1.54) is 6.07 Å². The van der Waals surface area contributed by atoms with Gasteiger partial charge in [0.25, 0.3) is 5.91 Å². The summed E-state index contributed by atoms with van der Waals surface area (Å²) in [7, 11) is 0. The maximum absolute atomic E-state index is 13.7. The Kier molecular flexibility index (Phi) is 3.43. The first kappa shape index (κ1) is 12.0. The van der Waals surface area contributed by atoms with Crippen LogP contribution in [-0.4, -0.2) is 36.5 Å². The van der Waals surface area contributed by atoms with Crippen LogP contribution in [0.5, 0.6) is 0 Å². The molecule has 1 aliphatic heterocycles. The van der Waals surface area contributed by atoms with Crippen molar-refractivity contribution in [2.24, 2.45) is 0 Å². The zero-order chi connectivity index (χ0) is 12.4. The first-order chi connectivity index (χ1) is 8.13. The summed E-state index contributed by atoms with van der Waals surface area (Å²) in [5.74, 6) is -0.641. The zero-order valence-corrected chi connectivity index (χ0v) is 10.2. The van der Waals surface area contributed by atoms with Crippen LogP contribution in [0.3, 0.4) is 0 Å². The highest BCUT2D eigenvalue weighted by atomic mass is 19.1. The van der Waals surface area contributed by atoms with Gasteiger partial charge in [0.1, 0.15) is 5.82 Å². The van der Waals surface area contributed by atoms with Crippen molar-refractivity contribution in [3.05, 3.63) is 35.1 Å². The Labute approximate surface area is 101 Å². The molecule has 0 aromatic heterocycles. The van der Waals surface area contributed by atoms with E-state index in [0.29, 0.717) is 6.54 Å². The van der Waals surface area contributed by atoms with Crippen LogP contribution in [0.2, 0.25) is 0 Å². The second-order valence-corrected chi connectivity index (χ2v) is 4.39. The summed E-state index contributed by atoms with van der Waals surface area (Å²) in [6.45, 7) is 5.94. The average molecular weight is 236 g/mol. The highest BCUT2D eigenvalue weighted by Crippen LogP contribution is 2.15. The molecule has 3 nitrogen and oxygen atoms in total. The van der Waals surface area contributed by atoms with E-state index in [0.717, 1.165) is 18.7 Å². The molecule has 1 aromatic carbocycles. The molecule has 1 fully saturated rings. The lowest BCUT2D eigenvalue weighted by atomic mass is 10.1. The monoisotopic (exact) mass is 236 g/mol. The van der Waals surface area contributed by atoms with Crippen molar-refractivity contribution in [1.82, 2.24) is 10.2 Å². The first-order valence-electron chi connectivity index (χ1n) is 5.91. The van der Waals surface area contributed by atoms with Crippen molar-refractivity contribution in [3.8, 4) is 0 Å². The van der Waals surface area contributed by atoms with Crippen LogP contribution in [0.1, 0.15) is 22.8 Å². The Morgan fingerprint density at radius 1 is 1.53 bits per heavy atom. The van der Waals surface area contributed by atoms with Gasteiger partial charge in [-0.25, -0.2) is 4.39 Å². The fourth-order valence-corrected chi connectivity index (χ4v) is 2.01. The highest BCUT2D eigenvalue weighted by Gasteiger charge is 2.29. The fraction of sp³-hybridized carbons (Fsp3) is 0.462. The molecular weight excluding hydrogens is 219 g/mol. The van der Waals surface area contributed by atoms with E-state index in [-0.39, 0.29) is 17.5 Å². The minimum absolute atomic E-state index is 0.171. The molecule has 4 heteroatoms. The summed E-state index contributed by atoms with van der Waals surface area (Å²) in [4.78, 5) is 13.9. The van der Waals surface area contributed by atoms with Gasteiger partial charge >= 0.3 is 0 Å². The molecule has 17 heavy (non-hydrogen) atoms. The van der Waals surface area contributed by atoms with Gasteiger partial charge in [-0.3, -0.25) is 4.79 Å². The minimum Gasteiger partial charge on any atom is -0.333 e. The normalized spacial score (nSPS) is 15.5. The number of hydrogen-bond donors (Lipinski definition) is 1. The third kappa shape index (κ3) is 2.31. The summed E-state index contributed by atoms with van der Waals surface area (Å²) in [6.07, 6.45) is 0. The van der Waals surface area contributed by atoms with Crippen LogP contribution in [-0.2, 0) is 0 Å². The maximum atomic E-state index is 13.7. The van der Waals surface area contributed by atoms with Crippen molar-refractivity contribution in [2.45, 2.75) is 19.9 Å². The molecule has 1 aliphatic rings. The van der Waals surface area contributed by atoms with Crippen LogP contribution < -0.4 is 5.32 Å². The van der Waals surface area contributed by atoms with Crippen LogP contribution >= 0.6 is 0 Å². The maximum Gasteiger partial charge on any atom is 0.257 e. The van der Waals surface area contributed by atoms with Crippen molar-refractivity contribution >= 4 is 5.91 Å². The molecule has 1 heterocycles. The average Bonchev–Trinajstić information content (AvgIpc) is 2.22. The number of rotatable bonds is 3. The number of hydrogen-bond acceptors (Lipinski definition) is 2. The lowest BCUT2D eigenvalue weighted by molar-refractivity contribution is 0.0625. The molecule has 0 atom stereocenters. The third-order valence-corrected chi connectivity index (χ3v) is 3.16. The van der Waals surface area contributed by atoms with Crippen molar-refractivity contribution in [1.29, 1.82) is 0 Å². The van der Waals surface area contributed by atoms with E-state index in [1.807, 2.05) is 13.8 Å². The number of carbonyl (C=O) groups excluding carboxylic acids is 1. The van der Waals surface area contributed by atoms with Crippen molar-refractivity contribution in [2.75, 3.05) is 19.6 Å². The predicted molar refractivity (Wildman–Crippen MR) is 64.5 cm³/mol. The number of aryl methyl sites for hydroxylation is 1. The Morgan fingerprint density at radius 2 is 2.24 bits per heavy atom. The molecule has 0 radical (unpaired) electrons. The Morgan fingerprint density at radius 3 is 2.71 bits per heavy atom. The first-order valence-corrected chi connectivity index (χ1v) is 5.91. The summed E-state index contributed by atoms with van der Waals surface area (Å²) in [6, 6.07) is 4.94. The van der Waals surface area contributed by atoms with Gasteiger partial charge in [-0.05, 0) is 31.5 Å². The van der Waals surface area contributed by atoms with E-state index in [2.05, 4.69) is 5.32 Å². The highest BCUT2D eigenvalue weighted by molar-refractivity contribution is 5.94. The summed E-state index contributed by atoms with van der Waals surface area (Å²) >= 11 is 0. The molecule has 0 spiro atoms. The molecule has 1 saturated heterocycles. The lowest BCUT2D eigenvalue weighted by Gasteiger charge is -2.37. The smallest absolute Gasteiger partial charge is 0.257 e.